The molecule has 0 aromatic carbocycles. The standard InChI is InChI=1S/C11H11F3N2.2ClH/c12-11(13,14)9-3-1-2-8(16-9)10-4-7(10)5-15-6-10;;/h1-3,7,15H,4-6H2;2*1H. The van der Waals surface area contributed by atoms with Crippen LogP contribution in [0.25, 0.3) is 0 Å². The first-order valence-electron chi connectivity index (χ1n) is 5.28. The van der Waals surface area contributed by atoms with Crippen LogP contribution in [-0.2, 0) is 11.6 Å². The predicted molar refractivity (Wildman–Crippen MR) is 66.4 cm³/mol. The third-order valence-corrected chi connectivity index (χ3v) is 3.61. The fourth-order valence-corrected chi connectivity index (χ4v) is 2.61. The van der Waals surface area contributed by atoms with E-state index in [2.05, 4.69) is 10.3 Å². The van der Waals surface area contributed by atoms with Crippen molar-refractivity contribution in [2.24, 2.45) is 5.92 Å². The van der Waals surface area contributed by atoms with E-state index in [0.29, 0.717) is 11.6 Å². The minimum atomic E-state index is -4.34. The lowest BCUT2D eigenvalue weighted by Gasteiger charge is -2.13. The van der Waals surface area contributed by atoms with Crippen molar-refractivity contribution in [3.63, 3.8) is 0 Å². The highest BCUT2D eigenvalue weighted by molar-refractivity contribution is 5.85. The van der Waals surface area contributed by atoms with E-state index in [1.165, 1.54) is 6.07 Å². The SMILES string of the molecule is Cl.Cl.FC(F)(F)c1cccc(C23CNCC2C3)n1. The molecule has 0 amide bonds. The van der Waals surface area contributed by atoms with Gasteiger partial charge < -0.3 is 5.32 Å². The number of hydrogen-bond acceptors (Lipinski definition) is 2. The van der Waals surface area contributed by atoms with Crippen molar-refractivity contribution < 1.29 is 13.2 Å². The first-order valence-corrected chi connectivity index (χ1v) is 5.28. The summed E-state index contributed by atoms with van der Waals surface area (Å²) >= 11 is 0. The van der Waals surface area contributed by atoms with Crippen LogP contribution in [0.5, 0.6) is 0 Å². The molecule has 7 heteroatoms. The molecule has 3 rings (SSSR count). The predicted octanol–water partition coefficient (Wildman–Crippen LogP) is 2.80. The van der Waals surface area contributed by atoms with Crippen molar-refractivity contribution in [3.05, 3.63) is 29.6 Å². The minimum absolute atomic E-state index is 0. The van der Waals surface area contributed by atoms with Crippen molar-refractivity contribution in [1.82, 2.24) is 10.3 Å². The van der Waals surface area contributed by atoms with Crippen LogP contribution in [0.2, 0.25) is 0 Å². The average Bonchev–Trinajstić information content (AvgIpc) is 2.81. The van der Waals surface area contributed by atoms with Gasteiger partial charge in [0.15, 0.2) is 0 Å². The Balaban J connectivity index is 0.000000810. The summed E-state index contributed by atoms with van der Waals surface area (Å²) in [5.41, 5.74) is -0.296. The van der Waals surface area contributed by atoms with Crippen LogP contribution < -0.4 is 5.32 Å². The van der Waals surface area contributed by atoms with E-state index in [1.54, 1.807) is 6.07 Å². The van der Waals surface area contributed by atoms with Crippen LogP contribution in [0.1, 0.15) is 17.8 Å². The highest BCUT2D eigenvalue weighted by Gasteiger charge is 2.59. The molecule has 18 heavy (non-hydrogen) atoms. The van der Waals surface area contributed by atoms with E-state index < -0.39 is 11.9 Å². The summed E-state index contributed by atoms with van der Waals surface area (Å²) in [5.74, 6) is 0.475. The summed E-state index contributed by atoms with van der Waals surface area (Å²) in [7, 11) is 0. The van der Waals surface area contributed by atoms with Gasteiger partial charge in [-0.3, -0.25) is 0 Å². The maximum atomic E-state index is 12.5. The lowest BCUT2D eigenvalue weighted by Crippen LogP contribution is -2.21. The van der Waals surface area contributed by atoms with E-state index in [0.717, 1.165) is 25.6 Å². The molecule has 2 heterocycles. The van der Waals surface area contributed by atoms with Gasteiger partial charge >= 0.3 is 6.18 Å². The van der Waals surface area contributed by atoms with Crippen LogP contribution in [0, 0.1) is 5.92 Å². The maximum Gasteiger partial charge on any atom is 0.433 e. The van der Waals surface area contributed by atoms with Gasteiger partial charge in [-0.2, -0.15) is 13.2 Å². The first kappa shape index (κ1) is 15.5. The lowest BCUT2D eigenvalue weighted by molar-refractivity contribution is -0.141. The highest BCUT2D eigenvalue weighted by Crippen LogP contribution is 2.55. The number of rotatable bonds is 1. The van der Waals surface area contributed by atoms with Gasteiger partial charge in [0.2, 0.25) is 0 Å². The number of fused-ring (bicyclic) bond motifs is 1. The Bertz CT molecular complexity index is 439. The lowest BCUT2D eigenvalue weighted by atomic mass is 10.0. The minimum Gasteiger partial charge on any atom is -0.315 e. The molecule has 1 aliphatic heterocycles. The molecular weight excluding hydrogens is 288 g/mol. The van der Waals surface area contributed by atoms with E-state index in [-0.39, 0.29) is 30.2 Å². The zero-order chi connectivity index (χ0) is 11.4. The van der Waals surface area contributed by atoms with Crippen molar-refractivity contribution >= 4 is 24.8 Å². The monoisotopic (exact) mass is 300 g/mol. The van der Waals surface area contributed by atoms with Crippen molar-refractivity contribution in [1.29, 1.82) is 0 Å². The first-order chi connectivity index (χ1) is 7.52. The Morgan fingerprint density at radius 2 is 2.00 bits per heavy atom. The molecule has 1 aliphatic carbocycles. The normalized spacial score (nSPS) is 28.9. The fraction of sp³-hybridized carbons (Fsp3) is 0.545. The molecule has 2 fully saturated rings. The number of pyridine rings is 1. The quantitative estimate of drug-likeness (QED) is 0.863. The van der Waals surface area contributed by atoms with Gasteiger partial charge in [-0.05, 0) is 31.0 Å². The van der Waals surface area contributed by atoms with Crippen molar-refractivity contribution in [3.8, 4) is 0 Å². The van der Waals surface area contributed by atoms with Gasteiger partial charge in [-0.15, -0.1) is 24.8 Å². The Hall–Kier alpha value is -0.520. The average molecular weight is 301 g/mol. The summed E-state index contributed by atoms with van der Waals surface area (Å²) in [6.07, 6.45) is -3.38. The van der Waals surface area contributed by atoms with Crippen LogP contribution >= 0.6 is 24.8 Å². The van der Waals surface area contributed by atoms with Gasteiger partial charge in [-0.25, -0.2) is 4.98 Å². The Morgan fingerprint density at radius 3 is 2.50 bits per heavy atom. The summed E-state index contributed by atoms with van der Waals surface area (Å²) in [4.78, 5) is 3.77. The molecule has 1 aromatic rings. The van der Waals surface area contributed by atoms with Gasteiger partial charge in [0.1, 0.15) is 5.69 Å². The molecule has 2 unspecified atom stereocenters. The number of hydrogen-bond donors (Lipinski definition) is 1. The number of alkyl halides is 3. The molecule has 102 valence electrons. The van der Waals surface area contributed by atoms with Gasteiger partial charge in [0.05, 0.1) is 0 Å². The molecule has 2 nitrogen and oxygen atoms in total. The Labute approximate surface area is 115 Å². The number of piperidine rings is 1. The molecule has 2 aliphatic rings. The number of nitrogens with zero attached hydrogens (tertiary/aromatic N) is 1. The number of halogens is 5. The largest absolute Gasteiger partial charge is 0.433 e. The molecular formula is C11H13Cl2F3N2. The number of aromatic nitrogens is 1. The van der Waals surface area contributed by atoms with Gasteiger partial charge in [0, 0.05) is 17.7 Å². The maximum absolute atomic E-state index is 12.5. The van der Waals surface area contributed by atoms with E-state index in [1.807, 2.05) is 0 Å². The van der Waals surface area contributed by atoms with Gasteiger partial charge in [-0.1, -0.05) is 6.07 Å². The third-order valence-electron chi connectivity index (χ3n) is 3.61. The van der Waals surface area contributed by atoms with Gasteiger partial charge in [0.25, 0.3) is 0 Å². The van der Waals surface area contributed by atoms with Crippen LogP contribution in [0.3, 0.4) is 0 Å². The van der Waals surface area contributed by atoms with Crippen LogP contribution in [-0.4, -0.2) is 18.1 Å². The molecule has 2 atom stereocenters. The zero-order valence-corrected chi connectivity index (χ0v) is 11.0. The zero-order valence-electron chi connectivity index (χ0n) is 9.33. The van der Waals surface area contributed by atoms with E-state index in [9.17, 15) is 13.2 Å². The van der Waals surface area contributed by atoms with E-state index in [4.69, 9.17) is 0 Å². The molecule has 1 saturated carbocycles. The smallest absolute Gasteiger partial charge is 0.315 e. The second-order valence-corrected chi connectivity index (χ2v) is 4.59. The van der Waals surface area contributed by atoms with Crippen LogP contribution in [0.15, 0.2) is 18.2 Å². The Morgan fingerprint density at radius 1 is 1.28 bits per heavy atom. The topological polar surface area (TPSA) is 24.9 Å². The molecule has 1 N–H and O–H groups in total. The fourth-order valence-electron chi connectivity index (χ4n) is 2.61. The Kier molecular flexibility index (Phi) is 4.20. The summed E-state index contributed by atoms with van der Waals surface area (Å²) in [5, 5.41) is 3.20. The molecule has 1 aromatic heterocycles. The molecule has 0 radical (unpaired) electrons. The summed E-state index contributed by atoms with van der Waals surface area (Å²) < 4.78 is 37.5. The number of nitrogens with one attached hydrogen (secondary N) is 1. The molecule has 0 bridgehead atoms. The molecule has 0 spiro atoms. The van der Waals surface area contributed by atoms with Crippen molar-refractivity contribution in [2.75, 3.05) is 13.1 Å². The third kappa shape index (κ3) is 2.31. The second-order valence-electron chi connectivity index (χ2n) is 4.59. The molecule has 1 saturated heterocycles. The highest BCUT2D eigenvalue weighted by atomic mass is 35.5. The van der Waals surface area contributed by atoms with Crippen LogP contribution in [0.4, 0.5) is 13.2 Å². The summed E-state index contributed by atoms with van der Waals surface area (Å²) in [6, 6.07) is 4.19. The second kappa shape index (κ2) is 4.87. The van der Waals surface area contributed by atoms with E-state index >= 15 is 0 Å². The van der Waals surface area contributed by atoms with Crippen molar-refractivity contribution in [2.45, 2.75) is 18.0 Å². The summed E-state index contributed by atoms with van der Waals surface area (Å²) in [6.45, 7) is 1.66.